The Morgan fingerprint density at radius 3 is 2.59 bits per heavy atom. The minimum atomic E-state index is -0.372. The quantitative estimate of drug-likeness (QED) is 0.742. The van der Waals surface area contributed by atoms with Gasteiger partial charge in [0.1, 0.15) is 0 Å². The fraction of sp³-hybridized carbons (Fsp3) is 0.500. The average molecular weight is 411 g/mol. The van der Waals surface area contributed by atoms with Crippen LogP contribution in [0.3, 0.4) is 0 Å². The van der Waals surface area contributed by atoms with E-state index in [-0.39, 0.29) is 29.8 Å². The molecule has 1 aliphatic carbocycles. The van der Waals surface area contributed by atoms with Crippen LogP contribution in [0, 0.1) is 5.92 Å². The van der Waals surface area contributed by atoms with E-state index in [0.717, 1.165) is 23.3 Å². The molecule has 1 fully saturated rings. The summed E-state index contributed by atoms with van der Waals surface area (Å²) in [5, 5.41) is 5.37. The molecule has 1 saturated carbocycles. The van der Waals surface area contributed by atoms with Gasteiger partial charge in [-0.05, 0) is 41.8 Å². The predicted molar refractivity (Wildman–Crippen MR) is 117 cm³/mol. The molecule has 154 valence electrons. The van der Waals surface area contributed by atoms with E-state index in [9.17, 15) is 9.59 Å². The van der Waals surface area contributed by atoms with E-state index in [1.807, 2.05) is 40.6 Å². The summed E-state index contributed by atoms with van der Waals surface area (Å²) >= 11 is 1.63. The van der Waals surface area contributed by atoms with Crippen molar-refractivity contribution in [2.45, 2.75) is 64.0 Å². The van der Waals surface area contributed by atoms with Crippen molar-refractivity contribution in [2.75, 3.05) is 6.54 Å². The van der Waals surface area contributed by atoms with Crippen molar-refractivity contribution in [3.05, 3.63) is 57.8 Å². The van der Waals surface area contributed by atoms with E-state index in [2.05, 4.69) is 25.2 Å². The Balaban J connectivity index is 1.76. The van der Waals surface area contributed by atoms with Crippen LogP contribution in [-0.4, -0.2) is 29.3 Å². The van der Waals surface area contributed by atoms with E-state index in [0.29, 0.717) is 18.0 Å². The monoisotopic (exact) mass is 410 g/mol. The molecule has 2 atom stereocenters. The van der Waals surface area contributed by atoms with Crippen molar-refractivity contribution in [1.29, 1.82) is 0 Å². The molecule has 29 heavy (non-hydrogen) atoms. The lowest BCUT2D eigenvalue weighted by atomic mass is 9.80. The first kappa shape index (κ1) is 20.1. The van der Waals surface area contributed by atoms with E-state index in [1.165, 1.54) is 19.3 Å². The molecule has 1 aromatic heterocycles. The summed E-state index contributed by atoms with van der Waals surface area (Å²) in [4.78, 5) is 30.1. The summed E-state index contributed by atoms with van der Waals surface area (Å²) in [6.07, 6.45) is 5.72. The van der Waals surface area contributed by atoms with Gasteiger partial charge in [0.15, 0.2) is 0 Å². The van der Waals surface area contributed by atoms with Crippen molar-refractivity contribution in [1.82, 2.24) is 10.2 Å². The third-order valence-corrected chi connectivity index (χ3v) is 7.01. The normalized spacial score (nSPS) is 22.6. The van der Waals surface area contributed by atoms with Gasteiger partial charge in [-0.25, -0.2) is 0 Å². The van der Waals surface area contributed by atoms with E-state index < -0.39 is 0 Å². The molecule has 2 aromatic rings. The van der Waals surface area contributed by atoms with Crippen LogP contribution in [0.2, 0.25) is 0 Å². The smallest absolute Gasteiger partial charge is 0.254 e. The van der Waals surface area contributed by atoms with Gasteiger partial charge in [-0.2, -0.15) is 0 Å². The van der Waals surface area contributed by atoms with E-state index >= 15 is 0 Å². The number of amides is 2. The maximum Gasteiger partial charge on any atom is 0.254 e. The first-order valence-corrected chi connectivity index (χ1v) is 11.7. The average Bonchev–Trinajstić information content (AvgIpc) is 3.24. The fourth-order valence-corrected chi connectivity index (χ4v) is 5.66. The van der Waals surface area contributed by atoms with Crippen LogP contribution in [0.4, 0.5) is 0 Å². The lowest BCUT2D eigenvalue weighted by Gasteiger charge is -2.42. The Bertz CT molecular complexity index is 856. The Hall–Kier alpha value is -2.14. The second-order valence-corrected chi connectivity index (χ2v) is 9.70. The summed E-state index contributed by atoms with van der Waals surface area (Å²) in [5.41, 5.74) is 1.54. The van der Waals surface area contributed by atoms with Crippen LogP contribution in [0.25, 0.3) is 0 Å². The minimum Gasteiger partial charge on any atom is -0.353 e. The number of hydrogen-bond donors (Lipinski definition) is 1. The molecular weight excluding hydrogens is 380 g/mol. The highest BCUT2D eigenvalue weighted by atomic mass is 32.1. The maximum absolute atomic E-state index is 13.6. The lowest BCUT2D eigenvalue weighted by molar-refractivity contribution is -0.125. The Kier molecular flexibility index (Phi) is 6.04. The van der Waals surface area contributed by atoms with Gasteiger partial charge in [0.25, 0.3) is 5.91 Å². The zero-order valence-corrected chi connectivity index (χ0v) is 18.1. The van der Waals surface area contributed by atoms with Crippen molar-refractivity contribution in [3.63, 3.8) is 0 Å². The molecule has 2 amide bonds. The third-order valence-electron chi connectivity index (χ3n) is 6.07. The van der Waals surface area contributed by atoms with Crippen molar-refractivity contribution >= 4 is 23.2 Å². The SMILES string of the molecule is CC(C)CN1C(=O)c2ccccc2[C@@H](C(=O)NC2CCCCC2)[C@H]1c1cccs1. The molecule has 5 heteroatoms. The molecule has 1 aliphatic heterocycles. The van der Waals surface area contributed by atoms with Crippen LogP contribution in [-0.2, 0) is 4.79 Å². The highest BCUT2D eigenvalue weighted by Gasteiger charge is 2.44. The van der Waals surface area contributed by atoms with E-state index in [1.54, 1.807) is 11.3 Å². The van der Waals surface area contributed by atoms with Crippen LogP contribution in [0.15, 0.2) is 41.8 Å². The first-order valence-electron chi connectivity index (χ1n) is 10.8. The van der Waals surface area contributed by atoms with Crippen molar-refractivity contribution in [2.24, 2.45) is 5.92 Å². The number of rotatable bonds is 5. The Morgan fingerprint density at radius 1 is 1.14 bits per heavy atom. The highest BCUT2D eigenvalue weighted by Crippen LogP contribution is 2.44. The van der Waals surface area contributed by atoms with Crippen molar-refractivity contribution < 1.29 is 9.59 Å². The lowest BCUT2D eigenvalue weighted by Crippen LogP contribution is -2.50. The second-order valence-electron chi connectivity index (χ2n) is 8.72. The third kappa shape index (κ3) is 4.11. The first-order chi connectivity index (χ1) is 14.1. The van der Waals surface area contributed by atoms with Gasteiger partial charge in [-0.3, -0.25) is 9.59 Å². The number of carbonyl (C=O) groups excluding carboxylic acids is 2. The van der Waals surface area contributed by atoms with Gasteiger partial charge in [0, 0.05) is 23.0 Å². The molecule has 2 heterocycles. The van der Waals surface area contributed by atoms with Crippen LogP contribution < -0.4 is 5.32 Å². The number of nitrogens with one attached hydrogen (secondary N) is 1. The highest BCUT2D eigenvalue weighted by molar-refractivity contribution is 7.10. The van der Waals surface area contributed by atoms with Gasteiger partial charge in [-0.1, -0.05) is 57.4 Å². The summed E-state index contributed by atoms with van der Waals surface area (Å²) in [6, 6.07) is 11.7. The number of fused-ring (bicyclic) bond motifs is 1. The van der Waals surface area contributed by atoms with Crippen LogP contribution >= 0.6 is 11.3 Å². The molecule has 0 spiro atoms. The van der Waals surface area contributed by atoms with Gasteiger partial charge in [0.2, 0.25) is 5.91 Å². The van der Waals surface area contributed by atoms with Crippen LogP contribution in [0.5, 0.6) is 0 Å². The molecule has 4 nitrogen and oxygen atoms in total. The van der Waals surface area contributed by atoms with Crippen molar-refractivity contribution in [3.8, 4) is 0 Å². The largest absolute Gasteiger partial charge is 0.353 e. The Labute approximate surface area is 177 Å². The molecule has 1 aromatic carbocycles. The molecule has 1 N–H and O–H groups in total. The van der Waals surface area contributed by atoms with E-state index in [4.69, 9.17) is 0 Å². The molecule has 0 radical (unpaired) electrons. The molecule has 0 unspecified atom stereocenters. The maximum atomic E-state index is 13.6. The Morgan fingerprint density at radius 2 is 1.90 bits per heavy atom. The number of nitrogens with zero attached hydrogens (tertiary/aromatic N) is 1. The van der Waals surface area contributed by atoms with Gasteiger partial charge >= 0.3 is 0 Å². The number of hydrogen-bond acceptors (Lipinski definition) is 3. The molecular formula is C24H30N2O2S. The predicted octanol–water partition coefficient (Wildman–Crippen LogP) is 5.13. The molecule has 0 saturated heterocycles. The molecule has 2 aliphatic rings. The molecule has 4 rings (SSSR count). The van der Waals surface area contributed by atoms with Gasteiger partial charge in [0.05, 0.1) is 12.0 Å². The fourth-order valence-electron chi connectivity index (χ4n) is 4.78. The zero-order valence-electron chi connectivity index (χ0n) is 17.3. The van der Waals surface area contributed by atoms with Gasteiger partial charge in [-0.15, -0.1) is 11.3 Å². The molecule has 0 bridgehead atoms. The van der Waals surface area contributed by atoms with Gasteiger partial charge < -0.3 is 10.2 Å². The topological polar surface area (TPSA) is 49.4 Å². The number of carbonyl (C=O) groups is 2. The standard InChI is InChI=1S/C24H30N2O2S/c1-16(2)15-26-22(20-13-8-14-29-20)21(18-11-6-7-12-19(18)24(26)28)23(27)25-17-9-4-3-5-10-17/h6-8,11-14,16-17,21-22H,3-5,9-10,15H2,1-2H3,(H,25,27)/t21-,22-/m1/s1. The summed E-state index contributed by atoms with van der Waals surface area (Å²) in [5.74, 6) is 0.0513. The number of thiophene rings is 1. The van der Waals surface area contributed by atoms with Crippen LogP contribution in [0.1, 0.15) is 78.7 Å². The summed E-state index contributed by atoms with van der Waals surface area (Å²) < 4.78 is 0. The zero-order chi connectivity index (χ0) is 20.4. The number of benzene rings is 1. The second kappa shape index (κ2) is 8.70. The summed E-state index contributed by atoms with van der Waals surface area (Å²) in [6.45, 7) is 4.88. The summed E-state index contributed by atoms with van der Waals surface area (Å²) in [7, 11) is 0. The minimum absolute atomic E-state index is 0.0365.